The molecule has 1 amide bonds. The van der Waals surface area contributed by atoms with E-state index in [9.17, 15) is 9.59 Å². The number of benzene rings is 1. The Balaban J connectivity index is 1.70. The molecule has 132 valence electrons. The molecule has 0 fully saturated rings. The molecule has 0 spiro atoms. The van der Waals surface area contributed by atoms with Gasteiger partial charge in [-0.05, 0) is 38.5 Å². The van der Waals surface area contributed by atoms with Crippen LogP contribution in [0.15, 0.2) is 23.6 Å². The smallest absolute Gasteiger partial charge is 0.303 e. The van der Waals surface area contributed by atoms with Crippen molar-refractivity contribution in [1.82, 2.24) is 10.3 Å². The van der Waals surface area contributed by atoms with Crippen molar-refractivity contribution in [2.24, 2.45) is 0 Å². The summed E-state index contributed by atoms with van der Waals surface area (Å²) in [7, 11) is 0. The second kappa shape index (κ2) is 6.72. The Kier molecular flexibility index (Phi) is 4.63. The number of carboxylic acids is 1. The fourth-order valence-electron chi connectivity index (χ4n) is 2.39. The Morgan fingerprint density at radius 1 is 1.32 bits per heavy atom. The molecule has 0 bridgehead atoms. The van der Waals surface area contributed by atoms with E-state index in [-0.39, 0.29) is 19.1 Å². The van der Waals surface area contributed by atoms with Crippen LogP contribution in [0.4, 0.5) is 0 Å². The van der Waals surface area contributed by atoms with Gasteiger partial charge < -0.3 is 19.9 Å². The first-order valence-corrected chi connectivity index (χ1v) is 8.62. The lowest BCUT2D eigenvalue weighted by Gasteiger charge is -2.25. The molecule has 0 saturated carbocycles. The number of rotatable bonds is 6. The number of carbonyl (C=O) groups is 2. The van der Waals surface area contributed by atoms with Crippen molar-refractivity contribution >= 4 is 23.2 Å². The fourth-order valence-corrected chi connectivity index (χ4v) is 3.19. The molecule has 8 heteroatoms. The van der Waals surface area contributed by atoms with Crippen molar-refractivity contribution in [3.05, 3.63) is 29.3 Å². The molecule has 25 heavy (non-hydrogen) atoms. The number of fused-ring (bicyclic) bond motifs is 1. The highest BCUT2D eigenvalue weighted by Crippen LogP contribution is 2.36. The van der Waals surface area contributed by atoms with Gasteiger partial charge in [0.25, 0.3) is 5.91 Å². The minimum absolute atomic E-state index is 0.00715. The summed E-state index contributed by atoms with van der Waals surface area (Å²) in [5, 5.41) is 14.0. The number of aromatic nitrogens is 1. The monoisotopic (exact) mass is 362 g/mol. The Labute approximate surface area is 148 Å². The lowest BCUT2D eigenvalue weighted by atomic mass is 9.98. The van der Waals surface area contributed by atoms with Gasteiger partial charge in [-0.15, -0.1) is 11.3 Å². The summed E-state index contributed by atoms with van der Waals surface area (Å²) in [4.78, 5) is 27.5. The van der Waals surface area contributed by atoms with Crippen LogP contribution < -0.4 is 14.8 Å². The van der Waals surface area contributed by atoms with Gasteiger partial charge in [-0.25, -0.2) is 4.98 Å². The molecule has 1 aliphatic rings. The highest BCUT2D eigenvalue weighted by atomic mass is 32.1. The van der Waals surface area contributed by atoms with Gasteiger partial charge in [0.05, 0.1) is 0 Å². The summed E-state index contributed by atoms with van der Waals surface area (Å²) in [6, 6.07) is 5.51. The number of aliphatic carboxylic acids is 1. The first-order valence-electron chi connectivity index (χ1n) is 7.74. The molecule has 0 atom stereocenters. The Bertz CT molecular complexity index is 815. The second-order valence-corrected chi connectivity index (χ2v) is 7.20. The van der Waals surface area contributed by atoms with E-state index in [4.69, 9.17) is 14.6 Å². The van der Waals surface area contributed by atoms with Crippen LogP contribution in [0.5, 0.6) is 11.5 Å². The third kappa shape index (κ3) is 4.08. The molecule has 0 aliphatic carbocycles. The third-order valence-corrected chi connectivity index (χ3v) is 4.66. The van der Waals surface area contributed by atoms with Gasteiger partial charge >= 0.3 is 5.97 Å². The topological polar surface area (TPSA) is 97.8 Å². The van der Waals surface area contributed by atoms with Crippen molar-refractivity contribution in [2.45, 2.75) is 32.2 Å². The van der Waals surface area contributed by atoms with Gasteiger partial charge in [0.2, 0.25) is 6.79 Å². The van der Waals surface area contributed by atoms with Gasteiger partial charge in [-0.1, -0.05) is 0 Å². The normalized spacial score (nSPS) is 12.9. The highest BCUT2D eigenvalue weighted by molar-refractivity contribution is 7.13. The number of nitrogens with zero attached hydrogens (tertiary/aromatic N) is 1. The first kappa shape index (κ1) is 17.2. The van der Waals surface area contributed by atoms with Crippen molar-refractivity contribution in [3.8, 4) is 22.1 Å². The maximum absolute atomic E-state index is 12.4. The van der Waals surface area contributed by atoms with Gasteiger partial charge in [0, 0.05) is 22.9 Å². The van der Waals surface area contributed by atoms with Crippen LogP contribution in [0.25, 0.3) is 10.6 Å². The molecule has 1 aliphatic heterocycles. The number of hydrogen-bond donors (Lipinski definition) is 2. The lowest BCUT2D eigenvalue weighted by Crippen LogP contribution is -2.43. The van der Waals surface area contributed by atoms with E-state index in [0.717, 1.165) is 5.56 Å². The fraction of sp³-hybridized carbons (Fsp3) is 0.353. The van der Waals surface area contributed by atoms with E-state index in [0.29, 0.717) is 28.6 Å². The van der Waals surface area contributed by atoms with E-state index in [2.05, 4.69) is 10.3 Å². The number of carbonyl (C=O) groups excluding carboxylic acids is 1. The largest absolute Gasteiger partial charge is 0.481 e. The van der Waals surface area contributed by atoms with Crippen molar-refractivity contribution < 1.29 is 24.2 Å². The van der Waals surface area contributed by atoms with Crippen LogP contribution in [0.2, 0.25) is 0 Å². The van der Waals surface area contributed by atoms with Gasteiger partial charge in [-0.3, -0.25) is 9.59 Å². The average molecular weight is 362 g/mol. The maximum Gasteiger partial charge on any atom is 0.303 e. The molecule has 3 rings (SSSR count). The first-order chi connectivity index (χ1) is 11.8. The number of carboxylic acid groups (broad SMARTS) is 1. The molecule has 1 aromatic heterocycles. The SMILES string of the molecule is CC(C)(CCC(=O)O)NC(=O)c1csc(-c2ccc3c(c2)OCO3)n1. The molecule has 2 aromatic rings. The van der Waals surface area contributed by atoms with E-state index < -0.39 is 11.5 Å². The van der Waals surface area contributed by atoms with Crippen LogP contribution >= 0.6 is 11.3 Å². The average Bonchev–Trinajstić information content (AvgIpc) is 3.21. The van der Waals surface area contributed by atoms with Crippen LogP contribution in [-0.4, -0.2) is 34.3 Å². The molecule has 0 saturated heterocycles. The zero-order valence-electron chi connectivity index (χ0n) is 13.9. The summed E-state index contributed by atoms with van der Waals surface area (Å²) in [6.07, 6.45) is 0.333. The zero-order chi connectivity index (χ0) is 18.0. The summed E-state index contributed by atoms with van der Waals surface area (Å²) in [5.41, 5.74) is 0.525. The quantitative estimate of drug-likeness (QED) is 0.820. The van der Waals surface area contributed by atoms with Gasteiger partial charge in [0.15, 0.2) is 11.5 Å². The molecular formula is C17H18N2O5S. The molecule has 1 aromatic carbocycles. The van der Waals surface area contributed by atoms with Gasteiger partial charge in [-0.2, -0.15) is 0 Å². The predicted octanol–water partition coefficient (Wildman–Crippen LogP) is 2.91. The van der Waals surface area contributed by atoms with E-state index in [1.54, 1.807) is 19.2 Å². The Morgan fingerprint density at radius 2 is 2.08 bits per heavy atom. The summed E-state index contributed by atoms with van der Waals surface area (Å²) >= 11 is 1.36. The minimum Gasteiger partial charge on any atom is -0.481 e. The summed E-state index contributed by atoms with van der Waals surface area (Å²) in [6.45, 7) is 3.79. The Morgan fingerprint density at radius 3 is 2.84 bits per heavy atom. The van der Waals surface area contributed by atoms with Crippen LogP contribution in [0, 0.1) is 0 Å². The van der Waals surface area contributed by atoms with Crippen LogP contribution in [-0.2, 0) is 4.79 Å². The molecule has 7 nitrogen and oxygen atoms in total. The van der Waals surface area contributed by atoms with E-state index in [1.165, 1.54) is 11.3 Å². The highest BCUT2D eigenvalue weighted by Gasteiger charge is 2.24. The molecule has 0 unspecified atom stereocenters. The van der Waals surface area contributed by atoms with Crippen molar-refractivity contribution in [3.63, 3.8) is 0 Å². The van der Waals surface area contributed by atoms with Gasteiger partial charge in [0.1, 0.15) is 10.7 Å². The number of thiazole rings is 1. The number of hydrogen-bond acceptors (Lipinski definition) is 6. The molecule has 2 heterocycles. The third-order valence-electron chi connectivity index (χ3n) is 3.77. The summed E-state index contributed by atoms with van der Waals surface area (Å²) in [5.74, 6) is 0.145. The lowest BCUT2D eigenvalue weighted by molar-refractivity contribution is -0.137. The number of amides is 1. The van der Waals surface area contributed by atoms with Crippen LogP contribution in [0.1, 0.15) is 37.2 Å². The van der Waals surface area contributed by atoms with Crippen molar-refractivity contribution in [1.29, 1.82) is 0 Å². The summed E-state index contributed by atoms with van der Waals surface area (Å²) < 4.78 is 10.6. The molecular weight excluding hydrogens is 344 g/mol. The predicted molar refractivity (Wildman–Crippen MR) is 92.1 cm³/mol. The minimum atomic E-state index is -0.888. The maximum atomic E-state index is 12.4. The second-order valence-electron chi connectivity index (χ2n) is 6.34. The van der Waals surface area contributed by atoms with E-state index in [1.807, 2.05) is 18.2 Å². The Hall–Kier alpha value is -2.61. The van der Waals surface area contributed by atoms with Crippen molar-refractivity contribution in [2.75, 3.05) is 6.79 Å². The van der Waals surface area contributed by atoms with E-state index >= 15 is 0 Å². The van der Waals surface area contributed by atoms with Crippen LogP contribution in [0.3, 0.4) is 0 Å². The molecule has 0 radical (unpaired) electrons. The zero-order valence-corrected chi connectivity index (χ0v) is 14.7. The standard InChI is InChI=1S/C17H18N2O5S/c1-17(2,6-5-14(20)21)19-15(22)11-8-25-16(18-11)10-3-4-12-13(7-10)24-9-23-12/h3-4,7-8H,5-6,9H2,1-2H3,(H,19,22)(H,20,21). The number of ether oxygens (including phenoxy) is 2. The number of nitrogens with one attached hydrogen (secondary N) is 1. The molecule has 2 N–H and O–H groups in total.